The Morgan fingerprint density at radius 1 is 1.18 bits per heavy atom. The van der Waals surface area contributed by atoms with Crippen LogP contribution in [0.3, 0.4) is 0 Å². The zero-order valence-corrected chi connectivity index (χ0v) is 20.8. The lowest BCUT2D eigenvalue weighted by Gasteiger charge is -2.39. The van der Waals surface area contributed by atoms with Gasteiger partial charge in [0.1, 0.15) is 5.25 Å². The second-order valence-electron chi connectivity index (χ2n) is 9.03. The number of ketones is 1. The van der Waals surface area contributed by atoms with Gasteiger partial charge in [-0.3, -0.25) is 4.79 Å². The van der Waals surface area contributed by atoms with Crippen molar-refractivity contribution < 1.29 is 17.6 Å². The lowest BCUT2D eigenvalue weighted by Crippen LogP contribution is -2.45. The van der Waals surface area contributed by atoms with Crippen molar-refractivity contribution in [1.82, 2.24) is 0 Å². The van der Waals surface area contributed by atoms with E-state index in [9.17, 15) is 13.2 Å². The molecule has 0 bridgehead atoms. The average molecular weight is 447 g/mol. The smallest absolute Gasteiger partial charge is 0.192 e. The largest absolute Gasteiger partial charge is 0.414 e. The van der Waals surface area contributed by atoms with E-state index in [0.717, 1.165) is 5.56 Å². The molecule has 0 aromatic heterocycles. The van der Waals surface area contributed by atoms with E-state index in [1.54, 1.807) is 24.3 Å². The molecule has 0 saturated heterocycles. The highest BCUT2D eigenvalue weighted by Gasteiger charge is 2.41. The summed E-state index contributed by atoms with van der Waals surface area (Å²) < 4.78 is 32.8. The Morgan fingerprint density at radius 3 is 2.18 bits per heavy atom. The van der Waals surface area contributed by atoms with E-state index >= 15 is 0 Å². The Bertz CT molecular complexity index is 752. The molecule has 0 heterocycles. The van der Waals surface area contributed by atoms with Crippen molar-refractivity contribution in [3.05, 3.63) is 29.8 Å². The van der Waals surface area contributed by atoms with Crippen molar-refractivity contribution in [2.75, 3.05) is 5.88 Å². The molecular weight excluding hydrogens is 412 g/mol. The van der Waals surface area contributed by atoms with Gasteiger partial charge in [-0.15, -0.1) is 11.6 Å². The number of aryl methyl sites for hydroxylation is 1. The summed E-state index contributed by atoms with van der Waals surface area (Å²) >= 11 is 5.72. The highest BCUT2D eigenvalue weighted by Crippen LogP contribution is 2.38. The molecule has 0 amide bonds. The lowest BCUT2D eigenvalue weighted by molar-refractivity contribution is -0.119. The Hall–Kier alpha value is -0.693. The monoisotopic (exact) mass is 446 g/mol. The molecule has 0 radical (unpaired) electrons. The van der Waals surface area contributed by atoms with Crippen LogP contribution in [0.25, 0.3) is 0 Å². The van der Waals surface area contributed by atoms with Crippen molar-refractivity contribution in [1.29, 1.82) is 0 Å². The topological polar surface area (TPSA) is 60.4 Å². The van der Waals surface area contributed by atoms with Gasteiger partial charge in [0.25, 0.3) is 0 Å². The van der Waals surface area contributed by atoms with Crippen LogP contribution in [0.2, 0.25) is 18.1 Å². The number of Topliss-reactive ketones (excluding diaryl/α,β-unsaturated/α-hetero) is 1. The van der Waals surface area contributed by atoms with Crippen LogP contribution in [0.15, 0.2) is 29.2 Å². The number of sulfone groups is 1. The van der Waals surface area contributed by atoms with Crippen LogP contribution < -0.4 is 0 Å². The molecule has 0 aliphatic heterocycles. The van der Waals surface area contributed by atoms with Crippen molar-refractivity contribution in [3.63, 3.8) is 0 Å². The summed E-state index contributed by atoms with van der Waals surface area (Å²) in [5.74, 6) is 0.0471. The fourth-order valence-electron chi connectivity index (χ4n) is 2.75. The lowest BCUT2D eigenvalue weighted by atomic mass is 10.1. The number of rotatable bonds is 10. The number of benzene rings is 1. The maximum atomic E-state index is 13.2. The first-order valence-electron chi connectivity index (χ1n) is 9.79. The molecule has 0 fully saturated rings. The zero-order chi connectivity index (χ0) is 21.8. The second-order valence-corrected chi connectivity index (χ2v) is 16.3. The maximum Gasteiger partial charge on any atom is 0.192 e. The summed E-state index contributed by atoms with van der Waals surface area (Å²) in [4.78, 5) is 13.0. The van der Waals surface area contributed by atoms with Gasteiger partial charge in [0.15, 0.2) is 23.9 Å². The molecule has 160 valence electrons. The number of hydrogen-bond acceptors (Lipinski definition) is 4. The van der Waals surface area contributed by atoms with E-state index in [0.29, 0.717) is 12.3 Å². The number of alkyl halides is 1. The van der Waals surface area contributed by atoms with Gasteiger partial charge in [-0.2, -0.15) is 0 Å². The van der Waals surface area contributed by atoms with Crippen molar-refractivity contribution >= 4 is 35.5 Å². The van der Waals surface area contributed by atoms with Crippen LogP contribution in [-0.2, 0) is 19.1 Å². The minimum Gasteiger partial charge on any atom is -0.414 e. The van der Waals surface area contributed by atoms with Gasteiger partial charge in [-0.05, 0) is 57.0 Å². The minimum atomic E-state index is -3.79. The molecule has 2 atom stereocenters. The van der Waals surface area contributed by atoms with Gasteiger partial charge in [0.05, 0.1) is 4.90 Å². The van der Waals surface area contributed by atoms with E-state index in [1.165, 1.54) is 0 Å². The standard InChI is InChI=1S/C21H35ClO4SSi/c1-16-10-12-18(13-11-16)27(24,25)20(19(23)9-8-14-22)15-17(2)26-28(6,7)21(3,4)5/h10-13,17,20H,8-9,14-15H2,1-7H3/t17-,20?/m0/s1. The summed E-state index contributed by atoms with van der Waals surface area (Å²) in [6.45, 7) is 14.4. The molecule has 0 aliphatic rings. The first-order valence-corrected chi connectivity index (χ1v) is 14.8. The summed E-state index contributed by atoms with van der Waals surface area (Å²) in [5, 5.41) is -1.10. The molecule has 1 aromatic carbocycles. The molecular formula is C21H35ClO4SSi. The Labute approximate surface area is 177 Å². The highest BCUT2D eigenvalue weighted by atomic mass is 35.5. The van der Waals surface area contributed by atoms with Crippen LogP contribution in [0, 0.1) is 6.92 Å². The van der Waals surface area contributed by atoms with Crippen molar-refractivity contribution in [3.8, 4) is 0 Å². The van der Waals surface area contributed by atoms with E-state index in [-0.39, 0.29) is 34.7 Å². The maximum absolute atomic E-state index is 13.2. The van der Waals surface area contributed by atoms with E-state index in [2.05, 4.69) is 33.9 Å². The third-order valence-electron chi connectivity index (χ3n) is 5.49. The van der Waals surface area contributed by atoms with Crippen LogP contribution in [-0.4, -0.2) is 39.8 Å². The van der Waals surface area contributed by atoms with E-state index in [4.69, 9.17) is 16.0 Å². The summed E-state index contributed by atoms with van der Waals surface area (Å²) in [7, 11) is -5.86. The van der Waals surface area contributed by atoms with E-state index in [1.807, 2.05) is 13.8 Å². The Balaban J connectivity index is 3.15. The normalized spacial score (nSPS) is 15.3. The van der Waals surface area contributed by atoms with Gasteiger partial charge >= 0.3 is 0 Å². The second kappa shape index (κ2) is 9.87. The average Bonchev–Trinajstić information content (AvgIpc) is 2.56. The molecule has 0 spiro atoms. The number of carbonyl (C=O) groups is 1. The Kier molecular flexibility index (Phi) is 8.94. The molecule has 28 heavy (non-hydrogen) atoms. The van der Waals surface area contributed by atoms with E-state index < -0.39 is 23.4 Å². The molecule has 1 aromatic rings. The zero-order valence-electron chi connectivity index (χ0n) is 18.2. The highest BCUT2D eigenvalue weighted by molar-refractivity contribution is 7.92. The molecule has 4 nitrogen and oxygen atoms in total. The Morgan fingerprint density at radius 2 is 1.71 bits per heavy atom. The predicted octanol–water partition coefficient (Wildman–Crippen LogP) is 5.53. The first-order chi connectivity index (χ1) is 12.7. The summed E-state index contributed by atoms with van der Waals surface area (Å²) in [6, 6.07) is 6.66. The van der Waals surface area contributed by atoms with Crippen molar-refractivity contribution in [2.45, 2.75) is 88.3 Å². The SMILES string of the molecule is Cc1ccc(S(=O)(=O)C(C[C@H](C)O[Si](C)(C)C(C)(C)C)C(=O)CCCCl)cc1. The first kappa shape index (κ1) is 25.3. The predicted molar refractivity (Wildman–Crippen MR) is 119 cm³/mol. The fourth-order valence-corrected chi connectivity index (χ4v) is 6.18. The quantitative estimate of drug-likeness (QED) is 0.350. The molecule has 0 saturated carbocycles. The van der Waals surface area contributed by atoms with Crippen LogP contribution in [0.4, 0.5) is 0 Å². The third kappa shape index (κ3) is 6.68. The number of hydrogen-bond donors (Lipinski definition) is 0. The molecule has 7 heteroatoms. The van der Waals surface area contributed by atoms with Gasteiger partial charge in [0.2, 0.25) is 0 Å². The number of carbonyl (C=O) groups excluding carboxylic acids is 1. The minimum absolute atomic E-state index is 0.00915. The molecule has 0 aliphatic carbocycles. The fraction of sp³-hybridized carbons (Fsp3) is 0.667. The molecule has 0 N–H and O–H groups in total. The van der Waals surface area contributed by atoms with Crippen molar-refractivity contribution in [2.24, 2.45) is 0 Å². The van der Waals surface area contributed by atoms with Gasteiger partial charge in [0, 0.05) is 18.4 Å². The van der Waals surface area contributed by atoms with Gasteiger partial charge in [-0.1, -0.05) is 38.5 Å². The van der Waals surface area contributed by atoms with Gasteiger partial charge in [-0.25, -0.2) is 8.42 Å². The van der Waals surface area contributed by atoms with Crippen LogP contribution in [0.1, 0.15) is 52.5 Å². The third-order valence-corrected chi connectivity index (χ3v) is 12.5. The summed E-state index contributed by atoms with van der Waals surface area (Å²) in [6.07, 6.45) is 0.458. The molecule has 1 unspecified atom stereocenters. The van der Waals surface area contributed by atoms with Gasteiger partial charge < -0.3 is 4.43 Å². The number of halogens is 1. The van der Waals surface area contributed by atoms with Crippen LogP contribution >= 0.6 is 11.6 Å². The molecule has 1 rings (SSSR count). The van der Waals surface area contributed by atoms with Crippen LogP contribution in [0.5, 0.6) is 0 Å². The summed E-state index contributed by atoms with van der Waals surface area (Å²) in [5.41, 5.74) is 0.971.